The first kappa shape index (κ1) is 15.0. The minimum absolute atomic E-state index is 0.529. The zero-order valence-electron chi connectivity index (χ0n) is 6.55. The van der Waals surface area contributed by atoms with Crippen LogP contribution in [0.15, 0.2) is 24.4 Å². The van der Waals surface area contributed by atoms with Crippen molar-refractivity contribution < 1.29 is 0 Å². The fourth-order valence-corrected chi connectivity index (χ4v) is 0.519. The number of rotatable bonds is 1. The standard InChI is InChI=1S/C6H8N2.4BrH.Pb/c7-5-6-3-1-2-4-8-6;;;;;/h1-4H,5,7H2;4*1H;/q;;;;;+4/p-4. The molecule has 2 nitrogen and oxygen atoms in total. The van der Waals surface area contributed by atoms with E-state index in [9.17, 15) is 0 Å². The Hall–Kier alpha value is 1.95. The second-order valence-corrected chi connectivity index (χ2v) is 103. The molecule has 0 aliphatic carbocycles. The number of halogens is 4. The summed E-state index contributed by atoms with van der Waals surface area (Å²) in [5.41, 5.74) is 6.22. The summed E-state index contributed by atoms with van der Waals surface area (Å²) in [6.45, 7) is 0.529. The van der Waals surface area contributed by atoms with Gasteiger partial charge in [0.15, 0.2) is 0 Å². The molecule has 74 valence electrons. The second kappa shape index (κ2) is 8.14. The van der Waals surface area contributed by atoms with E-state index in [1.807, 2.05) is 18.2 Å². The molecule has 0 saturated carbocycles. The van der Waals surface area contributed by atoms with Crippen LogP contribution in [-0.2, 0) is 6.54 Å². The molecule has 7 heteroatoms. The van der Waals surface area contributed by atoms with E-state index < -0.39 is 11.5 Å². The van der Waals surface area contributed by atoms with Crippen LogP contribution in [0, 0.1) is 0 Å². The third kappa shape index (κ3) is 14.0. The average molecular weight is 635 g/mol. The predicted octanol–water partition coefficient (Wildman–Crippen LogP) is 3.54. The van der Waals surface area contributed by atoms with Gasteiger partial charge < -0.3 is 5.73 Å². The van der Waals surface area contributed by atoms with Crippen LogP contribution < -0.4 is 5.73 Å². The van der Waals surface area contributed by atoms with Crippen molar-refractivity contribution in [2.45, 2.75) is 6.54 Å². The third-order valence-electron chi connectivity index (χ3n) is 0.935. The first-order chi connectivity index (χ1) is 5.93. The molecule has 1 aromatic rings. The van der Waals surface area contributed by atoms with Crippen molar-refractivity contribution in [2.75, 3.05) is 0 Å². The second-order valence-electron chi connectivity index (χ2n) is 1.95. The summed E-state index contributed by atoms with van der Waals surface area (Å²) in [5.74, 6) is 0. The molecule has 0 radical (unpaired) electrons. The van der Waals surface area contributed by atoms with Gasteiger partial charge in [0.05, 0.1) is 5.69 Å². The van der Waals surface area contributed by atoms with Crippen molar-refractivity contribution in [1.82, 2.24) is 4.98 Å². The molecule has 0 aromatic carbocycles. The van der Waals surface area contributed by atoms with Crippen LogP contribution in [0.2, 0.25) is 0 Å². The van der Waals surface area contributed by atoms with E-state index in [4.69, 9.17) is 5.73 Å². The molecule has 1 heterocycles. The summed E-state index contributed by atoms with van der Waals surface area (Å²) in [6.07, 6.45) is 1.74. The summed E-state index contributed by atoms with van der Waals surface area (Å²) < 4.78 is 0. The van der Waals surface area contributed by atoms with E-state index in [0.29, 0.717) is 6.54 Å². The van der Waals surface area contributed by atoms with Gasteiger partial charge in [0.1, 0.15) is 0 Å². The van der Waals surface area contributed by atoms with Crippen molar-refractivity contribution in [3.05, 3.63) is 30.1 Å². The molecule has 0 spiro atoms. The molecule has 0 saturated heterocycles. The average Bonchev–Trinajstić information content (AvgIpc) is 2.03. The maximum absolute atomic E-state index is 5.29. The maximum atomic E-state index is 5.29. The Morgan fingerprint density at radius 1 is 1.23 bits per heavy atom. The molecule has 2 N–H and O–H groups in total. The summed E-state index contributed by atoms with van der Waals surface area (Å²) in [7, 11) is 0. The molecule has 0 unspecified atom stereocenters. The van der Waals surface area contributed by atoms with Crippen molar-refractivity contribution in [2.24, 2.45) is 5.73 Å². The van der Waals surface area contributed by atoms with E-state index in [0.717, 1.165) is 5.69 Å². The first-order valence-corrected chi connectivity index (χ1v) is 37.0. The number of hydrogen-bond acceptors (Lipinski definition) is 2. The number of pyridine rings is 1. The Morgan fingerprint density at radius 3 is 2.00 bits per heavy atom. The van der Waals surface area contributed by atoms with Gasteiger partial charge >= 0.3 is 59.5 Å². The van der Waals surface area contributed by atoms with Gasteiger partial charge in [-0.1, -0.05) is 6.07 Å². The minimum atomic E-state index is -2.03. The van der Waals surface area contributed by atoms with Gasteiger partial charge in [-0.2, -0.15) is 0 Å². The zero-order chi connectivity index (χ0) is 10.3. The third-order valence-corrected chi connectivity index (χ3v) is 0.935. The molecular formula is C6H8Br4N2Pb. The van der Waals surface area contributed by atoms with Crippen LogP contribution in [-0.4, -0.2) is 16.5 Å². The Labute approximate surface area is 105 Å². The molecule has 0 atom stereocenters. The summed E-state index contributed by atoms with van der Waals surface area (Å²) in [4.78, 5) is 3.97. The summed E-state index contributed by atoms with van der Waals surface area (Å²) >= 11 is 11.4. The SMILES string of the molecule is NCc1ccccn1.[Br][Pb]([Br])([Br])[Br]. The molecule has 1 aromatic heterocycles. The van der Waals surface area contributed by atoms with Gasteiger partial charge in [-0.05, 0) is 12.1 Å². The fraction of sp³-hybridized carbons (Fsp3) is 0.167. The van der Waals surface area contributed by atoms with Crippen LogP contribution in [0.3, 0.4) is 0 Å². The van der Waals surface area contributed by atoms with Crippen LogP contribution in [0.1, 0.15) is 5.69 Å². The Balaban J connectivity index is 0.000000252. The topological polar surface area (TPSA) is 38.9 Å². The molecule has 1 rings (SSSR count). The normalized spacial score (nSPS) is 10.2. The van der Waals surface area contributed by atoms with Crippen molar-refractivity contribution in [3.8, 4) is 0 Å². The van der Waals surface area contributed by atoms with Crippen molar-refractivity contribution in [1.29, 1.82) is 0 Å². The predicted molar refractivity (Wildman–Crippen MR) is 73.6 cm³/mol. The van der Waals surface area contributed by atoms with Gasteiger partial charge in [0, 0.05) is 12.7 Å². The number of hydrogen-bond donors (Lipinski definition) is 1. The quantitative estimate of drug-likeness (QED) is 0.481. The molecule has 0 amide bonds. The van der Waals surface area contributed by atoms with Crippen LogP contribution >= 0.6 is 47.9 Å². The van der Waals surface area contributed by atoms with E-state index in [-0.39, 0.29) is 0 Å². The zero-order valence-corrected chi connectivity index (χ0v) is 16.8. The van der Waals surface area contributed by atoms with Gasteiger partial charge in [0.2, 0.25) is 0 Å². The van der Waals surface area contributed by atoms with Crippen molar-refractivity contribution in [3.63, 3.8) is 0 Å². The van der Waals surface area contributed by atoms with Crippen LogP contribution in [0.5, 0.6) is 0 Å². The Morgan fingerprint density at radius 2 is 1.77 bits per heavy atom. The Bertz CT molecular complexity index is 220. The van der Waals surface area contributed by atoms with Crippen LogP contribution in [0.4, 0.5) is 0 Å². The van der Waals surface area contributed by atoms with Crippen LogP contribution in [0.25, 0.3) is 0 Å². The molecule has 0 bridgehead atoms. The molecular weight excluding hydrogens is 627 g/mol. The monoisotopic (exact) mass is 632 g/mol. The first-order valence-electron chi connectivity index (χ1n) is 3.29. The summed E-state index contributed by atoms with van der Waals surface area (Å²) in [5, 5.41) is 0. The van der Waals surface area contributed by atoms with Gasteiger partial charge in [-0.25, -0.2) is 0 Å². The van der Waals surface area contributed by atoms with Gasteiger partial charge in [0.25, 0.3) is 0 Å². The van der Waals surface area contributed by atoms with E-state index in [1.54, 1.807) is 6.20 Å². The molecule has 0 aliphatic rings. The Kier molecular flexibility index (Phi) is 9.37. The van der Waals surface area contributed by atoms with E-state index in [1.165, 1.54) is 0 Å². The van der Waals surface area contributed by atoms with E-state index >= 15 is 0 Å². The molecule has 13 heavy (non-hydrogen) atoms. The number of nitrogens with zero attached hydrogens (tertiary/aromatic N) is 1. The molecule has 0 fully saturated rings. The van der Waals surface area contributed by atoms with Gasteiger partial charge in [-0.3, -0.25) is 4.98 Å². The van der Waals surface area contributed by atoms with Gasteiger partial charge in [-0.15, -0.1) is 0 Å². The van der Waals surface area contributed by atoms with Crippen molar-refractivity contribution >= 4 is 59.5 Å². The fourth-order valence-electron chi connectivity index (χ4n) is 0.519. The summed E-state index contributed by atoms with van der Waals surface area (Å²) in [6, 6.07) is 5.70. The number of aromatic nitrogens is 1. The molecule has 0 aliphatic heterocycles. The van der Waals surface area contributed by atoms with E-state index in [2.05, 4.69) is 52.9 Å². The number of nitrogens with two attached hydrogens (primary N) is 1.